The van der Waals surface area contributed by atoms with Crippen molar-refractivity contribution in [1.82, 2.24) is 19.1 Å². The van der Waals surface area contributed by atoms with Gasteiger partial charge in [-0.2, -0.15) is 18.2 Å². The normalized spacial score (nSPS) is 13.4. The Morgan fingerprint density at radius 2 is 1.33 bits per heavy atom. The third kappa shape index (κ3) is 7.47. The summed E-state index contributed by atoms with van der Waals surface area (Å²) in [6.07, 6.45) is 7.08. The van der Waals surface area contributed by atoms with Gasteiger partial charge in [-0.05, 0) is 79.5 Å². The molecule has 9 rings (SSSR count). The van der Waals surface area contributed by atoms with Crippen molar-refractivity contribution < 1.29 is 37.2 Å². The molecular weight excluding hydrogens is 918 g/mol. The van der Waals surface area contributed by atoms with Gasteiger partial charge in [-0.3, -0.25) is 14.1 Å². The number of fused-ring (bicyclic) bond motifs is 4. The number of rotatable bonds is 6. The van der Waals surface area contributed by atoms with Crippen LogP contribution in [0.25, 0.3) is 61.3 Å². The quantitative estimate of drug-likeness (QED) is 0.123. The van der Waals surface area contributed by atoms with Gasteiger partial charge in [0.25, 0.3) is 6.33 Å². The molecule has 0 N–H and O–H groups in total. The first-order valence-electron chi connectivity index (χ1n) is 22.4. The Morgan fingerprint density at radius 3 is 2.07 bits per heavy atom. The predicted octanol–water partition coefficient (Wildman–Crippen LogP) is 12.5. The van der Waals surface area contributed by atoms with Crippen LogP contribution in [0.3, 0.4) is 0 Å². The third-order valence-electron chi connectivity index (χ3n) is 10.8. The van der Waals surface area contributed by atoms with E-state index in [0.717, 1.165) is 49.8 Å². The molecule has 0 saturated heterocycles. The second-order valence-electron chi connectivity index (χ2n) is 18.1. The first kappa shape index (κ1) is 35.0. The fourth-order valence-electron chi connectivity index (χ4n) is 7.69. The molecule has 304 valence electrons. The van der Waals surface area contributed by atoms with Gasteiger partial charge in [0.1, 0.15) is 5.82 Å². The summed E-state index contributed by atoms with van der Waals surface area (Å²) in [6, 6.07) is 35.4. The maximum absolute atomic E-state index is 9.15. The molecule has 0 aliphatic heterocycles. The molecule has 6 nitrogen and oxygen atoms in total. The molecule has 0 atom stereocenters. The van der Waals surface area contributed by atoms with E-state index in [1.165, 1.54) is 5.56 Å². The molecule has 0 aliphatic carbocycles. The molecule has 60 heavy (non-hydrogen) atoms. The van der Waals surface area contributed by atoms with Gasteiger partial charge in [0.2, 0.25) is 0 Å². The average molecular weight is 972 g/mol. The molecule has 4 aromatic heterocycles. The predicted molar refractivity (Wildman–Crippen MR) is 239 cm³/mol. The van der Waals surface area contributed by atoms with Crippen LogP contribution in [0, 0.1) is 18.5 Å². The molecule has 0 aliphatic rings. The summed E-state index contributed by atoms with van der Waals surface area (Å²) < 4.78 is 56.4. The van der Waals surface area contributed by atoms with Gasteiger partial charge in [0.05, 0.1) is 29.4 Å². The fraction of sp³-hybridized carbons (Fsp3) is 0.226. The Labute approximate surface area is 374 Å². The SMILES string of the molecule is [2H]c1c([2H])c([2H])c(-c2c(-[n+]3[c-]n(-c4[c-]c(Oc5[c-]c6c(cc5)c5ccccc5n6-c5cc(C(C)(C)C)ccn5)ccn4)c4ccccc43)cc(C(C)(C)C)cc2C(C)(C)C)c([2H])c1[2H].[Pt]. The maximum Gasteiger partial charge on any atom is 0.269 e. The smallest absolute Gasteiger partial charge is 0.269 e. The van der Waals surface area contributed by atoms with E-state index in [9.17, 15) is 0 Å². The van der Waals surface area contributed by atoms with Crippen molar-refractivity contribution in [3.8, 4) is 39.9 Å². The molecule has 0 unspecified atom stereocenters. The fourth-order valence-corrected chi connectivity index (χ4v) is 7.69. The van der Waals surface area contributed by atoms with E-state index < -0.39 is 23.5 Å². The number of nitrogens with zero attached hydrogens (tertiary/aromatic N) is 5. The molecule has 0 saturated carbocycles. The van der Waals surface area contributed by atoms with E-state index in [2.05, 4.69) is 128 Å². The minimum atomic E-state index is -0.491. The number of hydrogen-bond donors (Lipinski definition) is 0. The van der Waals surface area contributed by atoms with Crippen molar-refractivity contribution in [3.63, 3.8) is 0 Å². The van der Waals surface area contributed by atoms with Crippen LogP contribution >= 0.6 is 0 Å². The first-order valence-corrected chi connectivity index (χ1v) is 19.9. The zero-order valence-corrected chi connectivity index (χ0v) is 37.5. The van der Waals surface area contributed by atoms with Crippen LogP contribution in [-0.2, 0) is 37.3 Å². The van der Waals surface area contributed by atoms with Crippen LogP contribution in [0.2, 0.25) is 0 Å². The van der Waals surface area contributed by atoms with Crippen LogP contribution in [0.4, 0.5) is 0 Å². The first-order chi connectivity index (χ1) is 30.2. The van der Waals surface area contributed by atoms with E-state index in [0.29, 0.717) is 28.6 Å². The van der Waals surface area contributed by atoms with E-state index in [1.807, 2.05) is 57.8 Å². The molecule has 0 amide bonds. The minimum absolute atomic E-state index is 0. The van der Waals surface area contributed by atoms with Crippen molar-refractivity contribution in [2.75, 3.05) is 0 Å². The molecular formula is C53H49N5OPt-2. The standard InChI is InChI=1S/C53H49N5O.Pt/c1-51(2,3)36-25-27-55-49(31-36)58-43-20-14-13-19-40(43)41-24-23-38(32-46(41)58)59-39-26-28-54-48(33-39)57-34-56(44-21-15-16-22-45(44)57)47-30-37(52(4,5)6)29-42(53(7,8)9)50(47)35-17-11-10-12-18-35;/h10-31H,1-9H3;/q-2;/i10D,11D,12D,17D,18D;. The Kier molecular flexibility index (Phi) is 8.93. The molecule has 0 fully saturated rings. The van der Waals surface area contributed by atoms with Gasteiger partial charge >= 0.3 is 0 Å². The minimum Gasteiger partial charge on any atom is -0.522 e. The largest absolute Gasteiger partial charge is 0.522 e. The van der Waals surface area contributed by atoms with Gasteiger partial charge in [-0.1, -0.05) is 153 Å². The summed E-state index contributed by atoms with van der Waals surface area (Å²) in [4.78, 5) is 9.57. The monoisotopic (exact) mass is 971 g/mol. The maximum atomic E-state index is 9.15. The van der Waals surface area contributed by atoms with Crippen LogP contribution in [0.15, 0.2) is 134 Å². The van der Waals surface area contributed by atoms with Crippen LogP contribution in [0.1, 0.15) is 85.9 Å². The number of ether oxygens (including phenoxy) is 1. The van der Waals surface area contributed by atoms with Gasteiger partial charge in [-0.25, -0.2) is 4.98 Å². The van der Waals surface area contributed by atoms with E-state index in [4.69, 9.17) is 21.6 Å². The van der Waals surface area contributed by atoms with Crippen molar-refractivity contribution in [2.45, 2.75) is 78.6 Å². The van der Waals surface area contributed by atoms with Gasteiger partial charge in [0, 0.05) is 38.5 Å². The molecule has 7 heteroatoms. The van der Waals surface area contributed by atoms with Crippen LogP contribution in [0.5, 0.6) is 11.5 Å². The number of pyridine rings is 2. The number of benzene rings is 5. The summed E-state index contributed by atoms with van der Waals surface area (Å²) in [5, 5.41) is 2.11. The second kappa shape index (κ2) is 15.3. The Balaban J connectivity index is 0.00000576. The van der Waals surface area contributed by atoms with Crippen molar-refractivity contribution in [1.29, 1.82) is 0 Å². The molecule has 0 bridgehead atoms. The molecule has 9 aromatic rings. The summed E-state index contributed by atoms with van der Waals surface area (Å²) in [7, 11) is 0. The molecule has 0 spiro atoms. The number of para-hydroxylation sites is 3. The van der Waals surface area contributed by atoms with E-state index in [1.54, 1.807) is 12.3 Å². The Hall–Kier alpha value is -5.84. The van der Waals surface area contributed by atoms with Crippen LogP contribution < -0.4 is 9.30 Å². The van der Waals surface area contributed by atoms with Gasteiger partial charge in [-0.15, -0.1) is 17.5 Å². The Bertz CT molecular complexity index is 3310. The van der Waals surface area contributed by atoms with Gasteiger partial charge in [0.15, 0.2) is 0 Å². The average Bonchev–Trinajstić information content (AvgIpc) is 3.80. The summed E-state index contributed by atoms with van der Waals surface area (Å²) in [5.74, 6) is 2.12. The number of aromatic nitrogens is 5. The van der Waals surface area contributed by atoms with Gasteiger partial charge < -0.3 is 9.30 Å². The number of hydrogen-bond acceptors (Lipinski definition) is 3. The molecule has 5 aromatic carbocycles. The molecule has 0 radical (unpaired) electrons. The summed E-state index contributed by atoms with van der Waals surface area (Å²) in [6.45, 7) is 19.2. The van der Waals surface area contributed by atoms with Crippen molar-refractivity contribution in [2.24, 2.45) is 0 Å². The van der Waals surface area contributed by atoms with Crippen LogP contribution in [-0.4, -0.2) is 19.1 Å². The topological polar surface area (TPSA) is 48.8 Å². The summed E-state index contributed by atoms with van der Waals surface area (Å²) in [5.41, 5.74) is 6.85. The summed E-state index contributed by atoms with van der Waals surface area (Å²) >= 11 is 0. The Morgan fingerprint density at radius 1 is 0.650 bits per heavy atom. The van der Waals surface area contributed by atoms with E-state index in [-0.39, 0.29) is 49.5 Å². The zero-order valence-electron chi connectivity index (χ0n) is 40.3. The molecule has 4 heterocycles. The third-order valence-corrected chi connectivity index (χ3v) is 10.8. The van der Waals surface area contributed by atoms with E-state index >= 15 is 0 Å². The second-order valence-corrected chi connectivity index (χ2v) is 18.1. The number of imidazole rings is 1. The zero-order chi connectivity index (χ0) is 45.6. The van der Waals surface area contributed by atoms with Crippen molar-refractivity contribution in [3.05, 3.63) is 169 Å². The van der Waals surface area contributed by atoms with Crippen molar-refractivity contribution >= 4 is 32.8 Å².